The largest absolute Gasteiger partial charge is 0.496 e. The highest BCUT2D eigenvalue weighted by molar-refractivity contribution is 6.31. The SMILES string of the molecule is [2H]C([2H])([2H])Oc1ccc(Cl)cc1-c1cccc(-n2cnc3cc(-c4ccn[nH]4)ccc32)c1. The standard InChI is InChI=1S/C23H17ClN4O/c1-29-23-8-6-17(24)13-19(23)15-3-2-4-18(11-15)28-14-25-21-12-16(5-7-22(21)28)20-9-10-26-27-20/h2-14H,1H3,(H,26,27)/i1D3. The second-order valence-corrected chi connectivity index (χ2v) is 7.02. The van der Waals surface area contributed by atoms with E-state index in [0.717, 1.165) is 33.5 Å². The number of methoxy groups -OCH3 is 1. The van der Waals surface area contributed by atoms with Crippen LogP contribution in [-0.4, -0.2) is 26.8 Å². The van der Waals surface area contributed by atoms with Crippen LogP contribution in [0.1, 0.15) is 4.11 Å². The zero-order valence-corrected chi connectivity index (χ0v) is 15.9. The molecule has 0 aliphatic carbocycles. The van der Waals surface area contributed by atoms with Crippen molar-refractivity contribution in [2.75, 3.05) is 7.04 Å². The van der Waals surface area contributed by atoms with Crippen molar-refractivity contribution in [3.05, 3.63) is 84.3 Å². The third kappa shape index (κ3) is 3.15. The number of ether oxygens (including phenoxy) is 1. The number of nitrogens with zero attached hydrogens (tertiary/aromatic N) is 3. The maximum absolute atomic E-state index is 7.46. The van der Waals surface area contributed by atoms with Crippen molar-refractivity contribution in [3.63, 3.8) is 0 Å². The van der Waals surface area contributed by atoms with Gasteiger partial charge in [-0.15, -0.1) is 0 Å². The second kappa shape index (κ2) is 7.11. The molecule has 0 unspecified atom stereocenters. The monoisotopic (exact) mass is 403 g/mol. The lowest BCUT2D eigenvalue weighted by Crippen LogP contribution is -1.93. The summed E-state index contributed by atoms with van der Waals surface area (Å²) in [6.07, 6.45) is 3.47. The van der Waals surface area contributed by atoms with Gasteiger partial charge in [0.15, 0.2) is 0 Å². The molecule has 3 aromatic carbocycles. The van der Waals surface area contributed by atoms with Crippen LogP contribution in [0.3, 0.4) is 0 Å². The Morgan fingerprint density at radius 1 is 1.03 bits per heavy atom. The van der Waals surface area contributed by atoms with Gasteiger partial charge in [-0.3, -0.25) is 9.67 Å². The Balaban J connectivity index is 1.57. The molecule has 0 saturated carbocycles. The molecule has 0 aliphatic heterocycles. The van der Waals surface area contributed by atoms with Crippen LogP contribution in [0, 0.1) is 0 Å². The summed E-state index contributed by atoms with van der Waals surface area (Å²) in [7, 11) is -2.56. The second-order valence-electron chi connectivity index (χ2n) is 6.58. The van der Waals surface area contributed by atoms with E-state index in [0.29, 0.717) is 10.6 Å². The van der Waals surface area contributed by atoms with Gasteiger partial charge in [-0.25, -0.2) is 4.98 Å². The zero-order valence-electron chi connectivity index (χ0n) is 18.1. The van der Waals surface area contributed by atoms with Crippen LogP contribution in [0.15, 0.2) is 79.3 Å². The topological polar surface area (TPSA) is 55.7 Å². The molecule has 0 amide bonds. The fourth-order valence-electron chi connectivity index (χ4n) is 3.44. The fraction of sp³-hybridized carbons (Fsp3) is 0.0435. The predicted octanol–water partition coefficient (Wildman–Crippen LogP) is 5.74. The van der Waals surface area contributed by atoms with Gasteiger partial charge in [0.25, 0.3) is 0 Å². The first kappa shape index (κ1) is 14.4. The molecule has 0 radical (unpaired) electrons. The van der Waals surface area contributed by atoms with Crippen LogP contribution in [-0.2, 0) is 0 Å². The molecular formula is C23H17ClN4O. The molecule has 0 aliphatic rings. The highest BCUT2D eigenvalue weighted by Crippen LogP contribution is 2.34. The fourth-order valence-corrected chi connectivity index (χ4v) is 3.61. The summed E-state index contributed by atoms with van der Waals surface area (Å²) in [6.45, 7) is 0. The molecule has 1 N–H and O–H groups in total. The predicted molar refractivity (Wildman–Crippen MR) is 116 cm³/mol. The summed E-state index contributed by atoms with van der Waals surface area (Å²) in [4.78, 5) is 4.56. The Kier molecular flexibility index (Phi) is 3.54. The van der Waals surface area contributed by atoms with Gasteiger partial charge in [0.2, 0.25) is 0 Å². The van der Waals surface area contributed by atoms with E-state index in [1.54, 1.807) is 30.7 Å². The molecule has 5 aromatic rings. The third-order valence-electron chi connectivity index (χ3n) is 4.85. The van der Waals surface area contributed by atoms with Crippen LogP contribution in [0.5, 0.6) is 5.75 Å². The molecular weight excluding hydrogens is 384 g/mol. The van der Waals surface area contributed by atoms with Gasteiger partial charge >= 0.3 is 0 Å². The zero-order chi connectivity index (χ0) is 22.3. The Bertz CT molecular complexity index is 1410. The van der Waals surface area contributed by atoms with Crippen molar-refractivity contribution < 1.29 is 8.85 Å². The lowest BCUT2D eigenvalue weighted by atomic mass is 10.0. The summed E-state index contributed by atoms with van der Waals surface area (Å²) >= 11 is 6.19. The number of hydrogen-bond donors (Lipinski definition) is 1. The van der Waals surface area contributed by atoms with E-state index in [2.05, 4.69) is 15.2 Å². The number of nitrogens with one attached hydrogen (secondary N) is 1. The number of aromatic amines is 1. The molecule has 29 heavy (non-hydrogen) atoms. The van der Waals surface area contributed by atoms with E-state index >= 15 is 0 Å². The first-order chi connectivity index (χ1) is 15.4. The lowest BCUT2D eigenvalue weighted by Gasteiger charge is -2.11. The number of hydrogen-bond acceptors (Lipinski definition) is 3. The van der Waals surface area contributed by atoms with Crippen molar-refractivity contribution in [1.82, 2.24) is 19.7 Å². The number of halogens is 1. The van der Waals surface area contributed by atoms with E-state index in [-0.39, 0.29) is 5.75 Å². The van der Waals surface area contributed by atoms with E-state index in [4.69, 9.17) is 20.5 Å². The molecule has 0 atom stereocenters. The van der Waals surface area contributed by atoms with Crippen LogP contribution in [0.4, 0.5) is 0 Å². The van der Waals surface area contributed by atoms with Gasteiger partial charge in [0.05, 0.1) is 27.9 Å². The Hall–Kier alpha value is -3.57. The minimum atomic E-state index is -2.56. The molecule has 6 heteroatoms. The van der Waals surface area contributed by atoms with E-state index in [1.165, 1.54) is 0 Å². The van der Waals surface area contributed by atoms with Crippen LogP contribution >= 0.6 is 11.6 Å². The maximum atomic E-state index is 7.46. The van der Waals surface area contributed by atoms with Gasteiger partial charge in [-0.05, 0) is 54.1 Å². The maximum Gasteiger partial charge on any atom is 0.126 e. The molecule has 0 bridgehead atoms. The van der Waals surface area contributed by atoms with Crippen molar-refractivity contribution in [2.24, 2.45) is 0 Å². The average Bonchev–Trinajstić information content (AvgIpc) is 3.44. The number of H-pyrrole nitrogens is 1. The quantitative estimate of drug-likeness (QED) is 0.416. The molecule has 5 rings (SSSR count). The smallest absolute Gasteiger partial charge is 0.126 e. The molecule has 2 aromatic heterocycles. The van der Waals surface area contributed by atoms with Crippen molar-refractivity contribution in [3.8, 4) is 33.8 Å². The summed E-state index contributed by atoms with van der Waals surface area (Å²) in [6, 6.07) is 20.5. The van der Waals surface area contributed by atoms with Crippen LogP contribution in [0.25, 0.3) is 39.1 Å². The number of aromatic nitrogens is 4. The summed E-state index contributed by atoms with van der Waals surface area (Å²) in [5, 5.41) is 7.45. The summed E-state index contributed by atoms with van der Waals surface area (Å²) in [5.41, 5.74) is 5.96. The molecule has 5 nitrogen and oxygen atoms in total. The molecule has 142 valence electrons. The van der Waals surface area contributed by atoms with Crippen LogP contribution in [0.2, 0.25) is 5.02 Å². The Morgan fingerprint density at radius 2 is 2.00 bits per heavy atom. The summed E-state index contributed by atoms with van der Waals surface area (Å²) < 4.78 is 29.6. The van der Waals surface area contributed by atoms with Crippen molar-refractivity contribution in [1.29, 1.82) is 0 Å². The normalized spacial score (nSPS) is 13.1. The molecule has 0 fully saturated rings. The minimum Gasteiger partial charge on any atom is -0.496 e. The van der Waals surface area contributed by atoms with Gasteiger partial charge < -0.3 is 4.74 Å². The highest BCUT2D eigenvalue weighted by atomic mass is 35.5. The van der Waals surface area contributed by atoms with Gasteiger partial charge in [-0.1, -0.05) is 29.8 Å². The number of imidazole rings is 1. The summed E-state index contributed by atoms with van der Waals surface area (Å²) in [5.74, 6) is 0.242. The molecule has 0 spiro atoms. The number of fused-ring (bicyclic) bond motifs is 1. The first-order valence-electron chi connectivity index (χ1n) is 10.4. The molecule has 0 saturated heterocycles. The van der Waals surface area contributed by atoms with Gasteiger partial charge in [0.1, 0.15) is 12.1 Å². The Labute approximate surface area is 176 Å². The number of benzene rings is 3. The van der Waals surface area contributed by atoms with Gasteiger partial charge in [0, 0.05) is 28.0 Å². The highest BCUT2D eigenvalue weighted by Gasteiger charge is 2.11. The van der Waals surface area contributed by atoms with E-state index in [9.17, 15) is 0 Å². The average molecular weight is 404 g/mol. The van der Waals surface area contributed by atoms with Crippen molar-refractivity contribution >= 4 is 22.6 Å². The molecule has 2 heterocycles. The Morgan fingerprint density at radius 3 is 2.86 bits per heavy atom. The lowest BCUT2D eigenvalue weighted by molar-refractivity contribution is 0.416. The minimum absolute atomic E-state index is 0.242. The van der Waals surface area contributed by atoms with E-state index in [1.807, 2.05) is 53.1 Å². The number of rotatable bonds is 4. The van der Waals surface area contributed by atoms with Crippen molar-refractivity contribution in [2.45, 2.75) is 0 Å². The van der Waals surface area contributed by atoms with Crippen LogP contribution < -0.4 is 4.74 Å². The first-order valence-corrected chi connectivity index (χ1v) is 9.31. The van der Waals surface area contributed by atoms with E-state index < -0.39 is 7.04 Å². The van der Waals surface area contributed by atoms with Gasteiger partial charge in [-0.2, -0.15) is 5.10 Å². The third-order valence-corrected chi connectivity index (χ3v) is 5.08.